The van der Waals surface area contributed by atoms with Gasteiger partial charge in [0, 0.05) is 33.8 Å². The van der Waals surface area contributed by atoms with Crippen LogP contribution in [0, 0.1) is 31.6 Å². The maximum atomic E-state index is 12.5. The number of carbonyl (C=O) groups is 1. The van der Waals surface area contributed by atoms with Gasteiger partial charge in [0.2, 0.25) is 0 Å². The molecule has 12 heteroatoms. The van der Waals surface area contributed by atoms with Gasteiger partial charge in [-0.15, -0.1) is 0 Å². The van der Waals surface area contributed by atoms with Gasteiger partial charge in [-0.3, -0.25) is 25.0 Å². The van der Waals surface area contributed by atoms with Crippen molar-refractivity contribution >= 4 is 56.6 Å². The van der Waals surface area contributed by atoms with Crippen molar-refractivity contribution in [2.45, 2.75) is 0 Å². The molecule has 0 aliphatic carbocycles. The fraction of sp³-hybridized carbons (Fsp3) is 0. The minimum atomic E-state index is -0.780. The number of carbonyl (C=O) groups excluding carboxylic acids is 1. The van der Waals surface area contributed by atoms with E-state index in [1.807, 2.05) is 0 Å². The number of hydrogen-bond acceptors (Lipinski definition) is 7. The normalized spacial score (nSPS) is 11.0. The first kappa shape index (κ1) is 22.7. The van der Waals surface area contributed by atoms with Gasteiger partial charge in [-0.2, -0.15) is 5.26 Å². The second kappa shape index (κ2) is 9.42. The number of amides is 1. The van der Waals surface area contributed by atoms with E-state index < -0.39 is 15.8 Å². The maximum Gasteiger partial charge on any atom is 0.281 e. The summed E-state index contributed by atoms with van der Waals surface area (Å²) in [7, 11) is 0. The van der Waals surface area contributed by atoms with Gasteiger partial charge in [-0.05, 0) is 46.3 Å². The van der Waals surface area contributed by atoms with Gasteiger partial charge in [0.05, 0.1) is 21.1 Å². The summed E-state index contributed by atoms with van der Waals surface area (Å²) in [5, 5.41) is 34.1. The highest BCUT2D eigenvalue weighted by Crippen LogP contribution is 2.34. The summed E-state index contributed by atoms with van der Waals surface area (Å²) in [5.74, 6) is -0.522. The van der Waals surface area contributed by atoms with Crippen LogP contribution < -0.4 is 5.32 Å². The predicted octanol–water partition coefficient (Wildman–Crippen LogP) is 5.72. The molecule has 0 saturated carbocycles. The highest BCUT2D eigenvalue weighted by Gasteiger charge is 2.19. The van der Waals surface area contributed by atoms with Gasteiger partial charge < -0.3 is 9.73 Å². The van der Waals surface area contributed by atoms with Gasteiger partial charge in [0.25, 0.3) is 17.3 Å². The summed E-state index contributed by atoms with van der Waals surface area (Å²) in [6.45, 7) is 0. The molecule has 1 aromatic heterocycles. The van der Waals surface area contributed by atoms with E-state index in [4.69, 9.17) is 16.0 Å². The zero-order valence-corrected chi connectivity index (χ0v) is 18.1. The molecule has 10 nitrogen and oxygen atoms in total. The first-order valence-electron chi connectivity index (χ1n) is 8.61. The number of nitrogens with zero attached hydrogens (tertiary/aromatic N) is 3. The Morgan fingerprint density at radius 2 is 1.88 bits per heavy atom. The van der Waals surface area contributed by atoms with Crippen molar-refractivity contribution in [1.29, 1.82) is 5.26 Å². The Kier molecular flexibility index (Phi) is 6.67. The number of hydrogen-bond donors (Lipinski definition) is 1. The molecule has 1 heterocycles. The van der Waals surface area contributed by atoms with Crippen LogP contribution in [0.3, 0.4) is 0 Å². The summed E-state index contributed by atoms with van der Waals surface area (Å²) in [4.78, 5) is 33.4. The molecule has 2 aromatic carbocycles. The average Bonchev–Trinajstić information content (AvgIpc) is 3.21. The lowest BCUT2D eigenvalue weighted by Gasteiger charge is -2.06. The molecule has 160 valence electrons. The highest BCUT2D eigenvalue weighted by atomic mass is 79.9. The zero-order chi connectivity index (χ0) is 23.4. The second-order valence-corrected chi connectivity index (χ2v) is 7.46. The highest BCUT2D eigenvalue weighted by molar-refractivity contribution is 9.10. The molecule has 0 bridgehead atoms. The Hall–Kier alpha value is -4.01. The molecule has 3 aromatic rings. The zero-order valence-electron chi connectivity index (χ0n) is 15.7. The third-order valence-electron chi connectivity index (χ3n) is 4.11. The van der Waals surface area contributed by atoms with Crippen LogP contribution in [0.5, 0.6) is 0 Å². The smallest absolute Gasteiger partial charge is 0.281 e. The lowest BCUT2D eigenvalue weighted by Crippen LogP contribution is -2.13. The number of nitrogens with one attached hydrogen (secondary N) is 1. The molecule has 1 amide bonds. The molecule has 0 atom stereocenters. The standard InChI is InChI=1S/C20H10BrClN4O6/c21-16-9-13(25(28)29)2-5-17(16)24-20(27)11(10-23)7-14-3-6-19(32-14)15-4-1-12(22)8-18(15)26(30)31/h1-9H,(H,24,27)/b11-7+. The Morgan fingerprint density at radius 1 is 1.12 bits per heavy atom. The van der Waals surface area contributed by atoms with Crippen molar-refractivity contribution in [2.24, 2.45) is 0 Å². The molecule has 32 heavy (non-hydrogen) atoms. The van der Waals surface area contributed by atoms with Crippen molar-refractivity contribution in [3.05, 3.63) is 89.6 Å². The fourth-order valence-electron chi connectivity index (χ4n) is 2.64. The van der Waals surface area contributed by atoms with E-state index in [0.717, 1.165) is 0 Å². The number of halogens is 2. The van der Waals surface area contributed by atoms with Crippen LogP contribution in [0.1, 0.15) is 5.76 Å². The molecule has 0 radical (unpaired) electrons. The second-order valence-electron chi connectivity index (χ2n) is 6.17. The van der Waals surface area contributed by atoms with E-state index in [2.05, 4.69) is 21.2 Å². The van der Waals surface area contributed by atoms with Gasteiger partial charge in [0.15, 0.2) is 0 Å². The quantitative estimate of drug-likeness (QED) is 0.190. The van der Waals surface area contributed by atoms with Gasteiger partial charge in [0.1, 0.15) is 23.2 Å². The van der Waals surface area contributed by atoms with Crippen LogP contribution in [0.2, 0.25) is 5.02 Å². The first-order chi connectivity index (χ1) is 15.2. The van der Waals surface area contributed by atoms with Crippen molar-refractivity contribution in [3.8, 4) is 17.4 Å². The minimum Gasteiger partial charge on any atom is -0.456 e. The summed E-state index contributed by atoms with van der Waals surface area (Å²) < 4.78 is 5.82. The Balaban J connectivity index is 1.86. The number of rotatable bonds is 6. The molecule has 0 spiro atoms. The lowest BCUT2D eigenvalue weighted by molar-refractivity contribution is -0.384. The van der Waals surface area contributed by atoms with Crippen molar-refractivity contribution in [2.75, 3.05) is 5.32 Å². The van der Waals surface area contributed by atoms with Crippen molar-refractivity contribution in [3.63, 3.8) is 0 Å². The molecular weight excluding hydrogens is 508 g/mol. The number of nitriles is 1. The number of benzene rings is 2. The van der Waals surface area contributed by atoms with E-state index in [9.17, 15) is 30.3 Å². The van der Waals surface area contributed by atoms with Crippen molar-refractivity contribution in [1.82, 2.24) is 0 Å². The minimum absolute atomic E-state index is 0.110. The average molecular weight is 518 g/mol. The topological polar surface area (TPSA) is 152 Å². The van der Waals surface area contributed by atoms with Gasteiger partial charge in [-0.25, -0.2) is 0 Å². The van der Waals surface area contributed by atoms with Crippen LogP contribution in [-0.4, -0.2) is 15.8 Å². The predicted molar refractivity (Wildman–Crippen MR) is 119 cm³/mol. The number of furan rings is 1. The first-order valence-corrected chi connectivity index (χ1v) is 9.78. The largest absolute Gasteiger partial charge is 0.456 e. The van der Waals surface area contributed by atoms with Gasteiger partial charge in [-0.1, -0.05) is 11.6 Å². The number of non-ortho nitro benzene ring substituents is 1. The third kappa shape index (κ3) is 5.00. The van der Waals surface area contributed by atoms with E-state index >= 15 is 0 Å². The molecule has 0 fully saturated rings. The monoisotopic (exact) mass is 516 g/mol. The molecule has 0 aliphatic rings. The van der Waals surface area contributed by atoms with Crippen LogP contribution in [0.4, 0.5) is 17.1 Å². The van der Waals surface area contributed by atoms with Crippen LogP contribution in [-0.2, 0) is 4.79 Å². The molecule has 3 rings (SSSR count). The van der Waals surface area contributed by atoms with E-state index in [1.165, 1.54) is 54.6 Å². The summed E-state index contributed by atoms with van der Waals surface area (Å²) in [6, 6.07) is 12.5. The van der Waals surface area contributed by atoms with E-state index in [0.29, 0.717) is 0 Å². The number of anilines is 1. The van der Waals surface area contributed by atoms with E-state index in [-0.39, 0.29) is 49.2 Å². The summed E-state index contributed by atoms with van der Waals surface area (Å²) in [6.07, 6.45) is 1.17. The van der Waals surface area contributed by atoms with Gasteiger partial charge >= 0.3 is 0 Å². The van der Waals surface area contributed by atoms with Crippen molar-refractivity contribution < 1.29 is 19.1 Å². The van der Waals surface area contributed by atoms with Crippen LogP contribution >= 0.6 is 27.5 Å². The maximum absolute atomic E-state index is 12.5. The molecule has 0 aliphatic heterocycles. The molecule has 0 unspecified atom stereocenters. The summed E-state index contributed by atoms with van der Waals surface area (Å²) >= 11 is 8.95. The Morgan fingerprint density at radius 3 is 2.50 bits per heavy atom. The number of nitro benzene ring substituents is 2. The van der Waals surface area contributed by atoms with Crippen LogP contribution in [0.25, 0.3) is 17.4 Å². The molecule has 0 saturated heterocycles. The molecular formula is C20H10BrClN4O6. The molecule has 1 N–H and O–H groups in total. The Bertz CT molecular complexity index is 1330. The number of nitro groups is 2. The SMILES string of the molecule is N#C/C(=C\c1ccc(-c2ccc(Cl)cc2[N+](=O)[O-])o1)C(=O)Nc1ccc([N+](=O)[O-])cc1Br. The Labute approximate surface area is 193 Å². The van der Waals surface area contributed by atoms with Crippen LogP contribution in [0.15, 0.2) is 63.0 Å². The van der Waals surface area contributed by atoms with E-state index in [1.54, 1.807) is 6.07 Å². The lowest BCUT2D eigenvalue weighted by atomic mass is 10.1. The third-order valence-corrected chi connectivity index (χ3v) is 5.00. The summed E-state index contributed by atoms with van der Waals surface area (Å²) in [5.41, 5.74) is -0.355. The fourth-order valence-corrected chi connectivity index (χ4v) is 3.27.